The van der Waals surface area contributed by atoms with Gasteiger partial charge in [-0.25, -0.2) is 4.39 Å². The van der Waals surface area contributed by atoms with Crippen molar-refractivity contribution in [2.75, 3.05) is 26.2 Å². The largest absolute Gasteiger partial charge is 0.338 e. The summed E-state index contributed by atoms with van der Waals surface area (Å²) in [4.78, 5) is 27.1. The number of benzene rings is 1. The lowest BCUT2D eigenvalue weighted by Gasteiger charge is -2.37. The number of nitro benzene ring substituents is 1. The fourth-order valence-electron chi connectivity index (χ4n) is 3.64. The number of nitrogens with zero attached hydrogens (tertiary/aromatic N) is 3. The Morgan fingerprint density at radius 2 is 2.00 bits per heavy atom. The third-order valence-corrected chi connectivity index (χ3v) is 4.96. The minimum Gasteiger partial charge on any atom is -0.338 e. The zero-order valence-corrected chi connectivity index (χ0v) is 14.1. The molecule has 0 aliphatic carbocycles. The first kappa shape index (κ1) is 17.5. The second-order valence-electron chi connectivity index (χ2n) is 6.62. The molecule has 0 N–H and O–H groups in total. The Hall–Kier alpha value is -2.28. The number of piperidine rings is 1. The number of hydrogen-bond acceptors (Lipinski definition) is 4. The maximum Gasteiger partial charge on any atom is 0.279 e. The van der Waals surface area contributed by atoms with Crippen LogP contribution in [0.15, 0.2) is 24.3 Å². The molecular formula is C18H22FN3O3. The molecule has 2 saturated heterocycles. The van der Waals surface area contributed by atoms with Crippen molar-refractivity contribution in [2.45, 2.75) is 31.7 Å². The fraction of sp³-hybridized carbons (Fsp3) is 0.500. The zero-order chi connectivity index (χ0) is 17.8. The van der Waals surface area contributed by atoms with Crippen molar-refractivity contribution in [3.8, 4) is 0 Å². The summed E-state index contributed by atoms with van der Waals surface area (Å²) in [6, 6.07) is 3.75. The topological polar surface area (TPSA) is 66.7 Å². The van der Waals surface area contributed by atoms with Crippen molar-refractivity contribution >= 4 is 17.7 Å². The lowest BCUT2D eigenvalue weighted by atomic mass is 10.0. The Kier molecular flexibility index (Phi) is 5.43. The number of hydrogen-bond donors (Lipinski definition) is 0. The standard InChI is InChI=1S/C18H22FN3O3/c19-15-7-5-14(17(12-15)22(24)25)6-8-18(23)21-11-3-4-16(13-21)20-9-1-2-10-20/h5-8,12,16H,1-4,9-11,13H2/b8-6+. The minimum atomic E-state index is -0.667. The molecule has 2 aliphatic heterocycles. The highest BCUT2D eigenvalue weighted by Gasteiger charge is 2.28. The van der Waals surface area contributed by atoms with E-state index in [0.29, 0.717) is 19.1 Å². The molecule has 134 valence electrons. The van der Waals surface area contributed by atoms with E-state index in [0.717, 1.165) is 38.1 Å². The molecule has 1 atom stereocenters. The molecule has 0 spiro atoms. The Morgan fingerprint density at radius 3 is 2.72 bits per heavy atom. The van der Waals surface area contributed by atoms with Gasteiger partial charge in [0.2, 0.25) is 5.91 Å². The Morgan fingerprint density at radius 1 is 1.24 bits per heavy atom. The van der Waals surface area contributed by atoms with Crippen LogP contribution in [0.1, 0.15) is 31.2 Å². The molecule has 25 heavy (non-hydrogen) atoms. The number of halogens is 1. The van der Waals surface area contributed by atoms with Crippen LogP contribution in [0.2, 0.25) is 0 Å². The number of likely N-dealkylation sites (tertiary alicyclic amines) is 2. The Bertz CT molecular complexity index is 686. The van der Waals surface area contributed by atoms with Crippen molar-refractivity contribution in [3.63, 3.8) is 0 Å². The van der Waals surface area contributed by atoms with Crippen LogP contribution in [0.5, 0.6) is 0 Å². The summed E-state index contributed by atoms with van der Waals surface area (Å²) in [6.07, 6.45) is 7.28. The Labute approximate surface area is 146 Å². The number of carbonyl (C=O) groups is 1. The summed E-state index contributed by atoms with van der Waals surface area (Å²) in [5.41, 5.74) is -0.106. The Balaban J connectivity index is 1.67. The molecule has 1 unspecified atom stereocenters. The highest BCUT2D eigenvalue weighted by atomic mass is 19.1. The minimum absolute atomic E-state index is 0.150. The van der Waals surface area contributed by atoms with Crippen LogP contribution in [0, 0.1) is 15.9 Å². The molecule has 2 heterocycles. The van der Waals surface area contributed by atoms with Gasteiger partial charge in [0.25, 0.3) is 5.69 Å². The van der Waals surface area contributed by atoms with Crippen LogP contribution in [0.25, 0.3) is 6.08 Å². The predicted octanol–water partition coefficient (Wildman–Crippen LogP) is 2.83. The van der Waals surface area contributed by atoms with E-state index in [1.54, 1.807) is 4.90 Å². The van der Waals surface area contributed by atoms with Gasteiger partial charge in [-0.3, -0.25) is 19.8 Å². The number of rotatable bonds is 4. The van der Waals surface area contributed by atoms with Crippen LogP contribution in [-0.4, -0.2) is 52.9 Å². The molecule has 0 saturated carbocycles. The first-order chi connectivity index (χ1) is 12.0. The second-order valence-corrected chi connectivity index (χ2v) is 6.62. The van der Waals surface area contributed by atoms with Gasteiger partial charge in [0.15, 0.2) is 0 Å². The normalized spacial score (nSPS) is 21.8. The van der Waals surface area contributed by atoms with Gasteiger partial charge in [-0.15, -0.1) is 0 Å². The molecule has 3 rings (SSSR count). The van der Waals surface area contributed by atoms with E-state index in [4.69, 9.17) is 0 Å². The van der Waals surface area contributed by atoms with E-state index < -0.39 is 10.7 Å². The monoisotopic (exact) mass is 347 g/mol. The van der Waals surface area contributed by atoms with E-state index in [2.05, 4.69) is 4.90 Å². The molecule has 0 bridgehead atoms. The van der Waals surface area contributed by atoms with Crippen LogP contribution in [0.3, 0.4) is 0 Å². The molecule has 2 aliphatic rings. The molecule has 1 aromatic carbocycles. The van der Waals surface area contributed by atoms with Crippen molar-refractivity contribution in [3.05, 3.63) is 45.8 Å². The summed E-state index contributed by atoms with van der Waals surface area (Å²) < 4.78 is 13.2. The fourth-order valence-corrected chi connectivity index (χ4v) is 3.64. The third-order valence-electron chi connectivity index (χ3n) is 4.96. The molecule has 0 radical (unpaired) electrons. The van der Waals surface area contributed by atoms with Gasteiger partial charge in [-0.1, -0.05) is 0 Å². The van der Waals surface area contributed by atoms with Crippen LogP contribution < -0.4 is 0 Å². The van der Waals surface area contributed by atoms with Gasteiger partial charge >= 0.3 is 0 Å². The zero-order valence-electron chi connectivity index (χ0n) is 14.1. The lowest BCUT2D eigenvalue weighted by molar-refractivity contribution is -0.385. The maximum absolute atomic E-state index is 13.2. The first-order valence-corrected chi connectivity index (χ1v) is 8.69. The van der Waals surface area contributed by atoms with Gasteiger partial charge in [0, 0.05) is 25.2 Å². The summed E-state index contributed by atoms with van der Waals surface area (Å²) in [5.74, 6) is -0.817. The summed E-state index contributed by atoms with van der Waals surface area (Å²) in [6.45, 7) is 3.61. The first-order valence-electron chi connectivity index (χ1n) is 8.69. The third kappa shape index (κ3) is 4.22. The summed E-state index contributed by atoms with van der Waals surface area (Å²) >= 11 is 0. The smallest absolute Gasteiger partial charge is 0.279 e. The van der Waals surface area contributed by atoms with E-state index in [1.807, 2.05) is 0 Å². The lowest BCUT2D eigenvalue weighted by Crippen LogP contribution is -2.48. The van der Waals surface area contributed by atoms with Crippen molar-refractivity contribution < 1.29 is 14.1 Å². The van der Waals surface area contributed by atoms with Crippen molar-refractivity contribution in [1.29, 1.82) is 0 Å². The highest BCUT2D eigenvalue weighted by Crippen LogP contribution is 2.23. The summed E-state index contributed by atoms with van der Waals surface area (Å²) in [5, 5.41) is 11.0. The van der Waals surface area contributed by atoms with E-state index in [9.17, 15) is 19.3 Å². The molecule has 7 heteroatoms. The van der Waals surface area contributed by atoms with Gasteiger partial charge < -0.3 is 4.90 Å². The van der Waals surface area contributed by atoms with Gasteiger partial charge in [0.1, 0.15) is 5.82 Å². The maximum atomic E-state index is 13.2. The average molecular weight is 347 g/mol. The SMILES string of the molecule is O=C(/C=C/c1ccc(F)cc1[N+](=O)[O-])N1CCCC(N2CCCC2)C1. The van der Waals surface area contributed by atoms with E-state index in [1.165, 1.54) is 31.1 Å². The predicted molar refractivity (Wildman–Crippen MR) is 92.5 cm³/mol. The van der Waals surface area contributed by atoms with E-state index in [-0.39, 0.29) is 17.2 Å². The molecular weight excluding hydrogens is 325 g/mol. The second kappa shape index (κ2) is 7.74. The van der Waals surface area contributed by atoms with Crippen LogP contribution in [-0.2, 0) is 4.79 Å². The number of amides is 1. The van der Waals surface area contributed by atoms with Crippen molar-refractivity contribution in [2.24, 2.45) is 0 Å². The van der Waals surface area contributed by atoms with Crippen LogP contribution >= 0.6 is 0 Å². The quantitative estimate of drug-likeness (QED) is 0.477. The molecule has 6 nitrogen and oxygen atoms in total. The molecule has 2 fully saturated rings. The van der Waals surface area contributed by atoms with Gasteiger partial charge in [-0.2, -0.15) is 0 Å². The van der Waals surface area contributed by atoms with Gasteiger partial charge in [0.05, 0.1) is 16.6 Å². The molecule has 0 aromatic heterocycles. The van der Waals surface area contributed by atoms with E-state index >= 15 is 0 Å². The highest BCUT2D eigenvalue weighted by molar-refractivity contribution is 5.92. The summed E-state index contributed by atoms with van der Waals surface area (Å²) in [7, 11) is 0. The van der Waals surface area contributed by atoms with Gasteiger partial charge in [-0.05, 0) is 57.0 Å². The molecule has 1 aromatic rings. The number of nitro groups is 1. The molecule has 1 amide bonds. The average Bonchev–Trinajstić information content (AvgIpc) is 3.15. The van der Waals surface area contributed by atoms with Crippen molar-refractivity contribution in [1.82, 2.24) is 9.80 Å². The number of carbonyl (C=O) groups excluding carboxylic acids is 1. The van der Waals surface area contributed by atoms with Crippen LogP contribution in [0.4, 0.5) is 10.1 Å².